The summed E-state index contributed by atoms with van der Waals surface area (Å²) in [5.41, 5.74) is -0.169. The molecule has 0 bridgehead atoms. The number of hydrogen-bond acceptors (Lipinski definition) is 4. The van der Waals surface area contributed by atoms with Crippen molar-refractivity contribution in [3.05, 3.63) is 40.8 Å². The maximum absolute atomic E-state index is 12.5. The quantitative estimate of drug-likeness (QED) is 0.911. The smallest absolute Gasteiger partial charge is 0.351 e. The average molecular weight is 302 g/mol. The van der Waals surface area contributed by atoms with E-state index in [9.17, 15) is 9.59 Å². The van der Waals surface area contributed by atoms with Crippen molar-refractivity contribution in [3.8, 4) is 5.69 Å². The fourth-order valence-electron chi connectivity index (χ4n) is 2.43. The van der Waals surface area contributed by atoms with E-state index in [-0.39, 0.29) is 17.5 Å². The van der Waals surface area contributed by atoms with Gasteiger partial charge in [0.05, 0.1) is 24.3 Å². The molecule has 0 atom stereocenters. The van der Waals surface area contributed by atoms with Crippen LogP contribution in [0.3, 0.4) is 0 Å². The van der Waals surface area contributed by atoms with E-state index in [1.807, 2.05) is 25.1 Å². The van der Waals surface area contributed by atoms with Crippen molar-refractivity contribution in [2.75, 3.05) is 18.5 Å². The summed E-state index contributed by atoms with van der Waals surface area (Å²) in [5, 5.41) is 6.90. The van der Waals surface area contributed by atoms with Crippen molar-refractivity contribution >= 4 is 11.9 Å². The van der Waals surface area contributed by atoms with E-state index >= 15 is 0 Å². The van der Waals surface area contributed by atoms with Crippen LogP contribution in [0.2, 0.25) is 0 Å². The van der Waals surface area contributed by atoms with Crippen LogP contribution < -0.4 is 11.0 Å². The Morgan fingerprint density at radius 2 is 2.05 bits per heavy atom. The molecule has 116 valence electrons. The number of nitrogens with one attached hydrogen (secondary N) is 1. The molecule has 0 saturated carbocycles. The first-order valence-corrected chi connectivity index (χ1v) is 7.18. The van der Waals surface area contributed by atoms with Gasteiger partial charge in [0.25, 0.3) is 0 Å². The summed E-state index contributed by atoms with van der Waals surface area (Å²) < 4.78 is 7.77. The molecule has 1 saturated heterocycles. The monoisotopic (exact) mass is 302 g/mol. The number of benzene rings is 1. The molecular weight excluding hydrogens is 284 g/mol. The number of para-hydroxylation sites is 1. The van der Waals surface area contributed by atoms with E-state index < -0.39 is 5.41 Å². The third kappa shape index (κ3) is 2.23. The van der Waals surface area contributed by atoms with Crippen molar-refractivity contribution in [2.24, 2.45) is 12.5 Å². The number of carbonyl (C=O) groups excluding carboxylic acids is 1. The van der Waals surface area contributed by atoms with Crippen LogP contribution in [0.1, 0.15) is 13.3 Å². The summed E-state index contributed by atoms with van der Waals surface area (Å²) in [6.07, 6.45) is 0.682. The molecule has 1 N–H and O–H groups in total. The van der Waals surface area contributed by atoms with Crippen molar-refractivity contribution in [2.45, 2.75) is 13.3 Å². The minimum Gasteiger partial charge on any atom is -0.379 e. The highest BCUT2D eigenvalue weighted by Gasteiger charge is 2.44. The third-order valence-electron chi connectivity index (χ3n) is 4.08. The topological polar surface area (TPSA) is 78.2 Å². The van der Waals surface area contributed by atoms with Gasteiger partial charge in [0.15, 0.2) is 0 Å². The Hall–Kier alpha value is -2.41. The molecule has 0 radical (unpaired) electrons. The lowest BCUT2D eigenvalue weighted by atomic mass is 9.82. The molecule has 1 amide bonds. The van der Waals surface area contributed by atoms with Gasteiger partial charge in [-0.25, -0.2) is 14.0 Å². The lowest BCUT2D eigenvalue weighted by Gasteiger charge is -2.38. The van der Waals surface area contributed by atoms with Crippen LogP contribution in [-0.2, 0) is 16.6 Å². The van der Waals surface area contributed by atoms with Gasteiger partial charge in [0.1, 0.15) is 0 Å². The second-order valence-corrected chi connectivity index (χ2v) is 5.48. The molecule has 2 aromatic rings. The van der Waals surface area contributed by atoms with E-state index in [2.05, 4.69) is 10.4 Å². The van der Waals surface area contributed by atoms with Crippen LogP contribution in [0.5, 0.6) is 0 Å². The summed E-state index contributed by atoms with van der Waals surface area (Å²) in [4.78, 5) is 24.8. The zero-order valence-corrected chi connectivity index (χ0v) is 12.6. The molecule has 1 aromatic carbocycles. The van der Waals surface area contributed by atoms with Gasteiger partial charge in [-0.15, -0.1) is 5.10 Å². The Kier molecular flexibility index (Phi) is 3.58. The Morgan fingerprint density at radius 3 is 2.59 bits per heavy atom. The third-order valence-corrected chi connectivity index (χ3v) is 4.08. The number of ether oxygens (including phenoxy) is 1. The van der Waals surface area contributed by atoms with Crippen LogP contribution in [0.15, 0.2) is 35.1 Å². The van der Waals surface area contributed by atoms with E-state index in [1.165, 1.54) is 9.25 Å². The molecule has 7 nitrogen and oxygen atoms in total. The first kappa shape index (κ1) is 14.5. The predicted molar refractivity (Wildman–Crippen MR) is 81.0 cm³/mol. The summed E-state index contributed by atoms with van der Waals surface area (Å²) in [5.74, 6) is 0.0625. The first-order valence-electron chi connectivity index (χ1n) is 7.18. The summed E-state index contributed by atoms with van der Waals surface area (Å²) in [6.45, 7) is 2.75. The SMILES string of the molecule is CCC1(C(=O)Nc2nn(C)c(=O)n2-c2ccccc2)COC1. The second-order valence-electron chi connectivity index (χ2n) is 5.48. The van der Waals surface area contributed by atoms with E-state index in [1.54, 1.807) is 19.2 Å². The highest BCUT2D eigenvalue weighted by Crippen LogP contribution is 2.32. The molecule has 0 unspecified atom stereocenters. The lowest BCUT2D eigenvalue weighted by molar-refractivity contribution is -0.156. The second kappa shape index (κ2) is 5.42. The molecule has 1 fully saturated rings. The zero-order chi connectivity index (χ0) is 15.7. The van der Waals surface area contributed by atoms with Crippen molar-refractivity contribution < 1.29 is 9.53 Å². The number of rotatable bonds is 4. The number of anilines is 1. The Labute approximate surface area is 127 Å². The maximum Gasteiger partial charge on any atom is 0.351 e. The molecular formula is C15H18N4O3. The number of amides is 1. The Balaban J connectivity index is 1.97. The van der Waals surface area contributed by atoms with Crippen LogP contribution in [0.25, 0.3) is 5.69 Å². The number of aromatic nitrogens is 3. The minimum atomic E-state index is -0.519. The minimum absolute atomic E-state index is 0.163. The van der Waals surface area contributed by atoms with E-state index in [0.29, 0.717) is 25.3 Å². The highest BCUT2D eigenvalue weighted by atomic mass is 16.5. The molecule has 3 rings (SSSR count). The molecule has 22 heavy (non-hydrogen) atoms. The van der Waals surface area contributed by atoms with Gasteiger partial charge in [-0.05, 0) is 18.6 Å². The molecule has 0 aliphatic carbocycles. The zero-order valence-electron chi connectivity index (χ0n) is 12.6. The standard InChI is InChI=1S/C15H18N4O3/c1-3-15(9-22-10-15)12(20)16-13-17-18(2)14(21)19(13)11-7-5-4-6-8-11/h4-8H,3,9-10H2,1-2H3,(H,16,17,20). The molecule has 0 spiro atoms. The van der Waals surface area contributed by atoms with Gasteiger partial charge in [0.2, 0.25) is 11.9 Å². The largest absolute Gasteiger partial charge is 0.379 e. The van der Waals surface area contributed by atoms with Crippen molar-refractivity contribution in [3.63, 3.8) is 0 Å². The van der Waals surface area contributed by atoms with Crippen LogP contribution in [-0.4, -0.2) is 33.5 Å². The summed E-state index contributed by atoms with van der Waals surface area (Å²) in [6, 6.07) is 9.10. The number of aryl methyl sites for hydroxylation is 1. The van der Waals surface area contributed by atoms with E-state index in [0.717, 1.165) is 0 Å². The lowest BCUT2D eigenvalue weighted by Crippen LogP contribution is -2.51. The van der Waals surface area contributed by atoms with Gasteiger partial charge >= 0.3 is 5.69 Å². The van der Waals surface area contributed by atoms with Gasteiger partial charge in [-0.3, -0.25) is 10.1 Å². The summed E-state index contributed by atoms with van der Waals surface area (Å²) >= 11 is 0. The fourth-order valence-corrected chi connectivity index (χ4v) is 2.43. The fraction of sp³-hybridized carbons (Fsp3) is 0.400. The predicted octanol–water partition coefficient (Wildman–Crippen LogP) is 0.936. The van der Waals surface area contributed by atoms with E-state index in [4.69, 9.17) is 4.74 Å². The Bertz CT molecular complexity index is 738. The highest BCUT2D eigenvalue weighted by molar-refractivity contribution is 5.95. The number of carbonyl (C=O) groups is 1. The molecule has 7 heteroatoms. The molecule has 1 aromatic heterocycles. The number of hydrogen-bond donors (Lipinski definition) is 1. The summed E-state index contributed by atoms with van der Waals surface area (Å²) in [7, 11) is 1.56. The van der Waals surface area contributed by atoms with Crippen LogP contribution in [0, 0.1) is 5.41 Å². The van der Waals surface area contributed by atoms with Crippen molar-refractivity contribution in [1.82, 2.24) is 14.3 Å². The number of nitrogens with zero attached hydrogens (tertiary/aromatic N) is 3. The van der Waals surface area contributed by atoms with Gasteiger partial charge in [-0.1, -0.05) is 25.1 Å². The Morgan fingerprint density at radius 1 is 1.36 bits per heavy atom. The van der Waals surface area contributed by atoms with Gasteiger partial charge in [0, 0.05) is 7.05 Å². The van der Waals surface area contributed by atoms with Gasteiger partial charge in [-0.2, -0.15) is 0 Å². The molecule has 1 aliphatic heterocycles. The molecule has 2 heterocycles. The van der Waals surface area contributed by atoms with Crippen LogP contribution in [0.4, 0.5) is 5.95 Å². The maximum atomic E-state index is 12.5. The van der Waals surface area contributed by atoms with Crippen molar-refractivity contribution in [1.29, 1.82) is 0 Å². The normalized spacial score (nSPS) is 16.1. The van der Waals surface area contributed by atoms with Crippen LogP contribution >= 0.6 is 0 Å². The average Bonchev–Trinajstić information content (AvgIpc) is 2.74. The molecule has 1 aliphatic rings. The first-order chi connectivity index (χ1) is 10.6. The van der Waals surface area contributed by atoms with Gasteiger partial charge < -0.3 is 4.74 Å².